The summed E-state index contributed by atoms with van der Waals surface area (Å²) in [6, 6.07) is -1.07. The molecular formula is C41H65NO10. The van der Waals surface area contributed by atoms with Gasteiger partial charge in [-0.1, -0.05) is 46.8 Å². The summed E-state index contributed by atoms with van der Waals surface area (Å²) >= 11 is 0. The molecule has 2 bridgehead atoms. The number of allylic oxidation sites excluding steroid dienone is 3. The van der Waals surface area contributed by atoms with Crippen LogP contribution in [0.4, 0.5) is 0 Å². The Hall–Kier alpha value is -2.44. The Labute approximate surface area is 310 Å². The maximum absolute atomic E-state index is 14.1. The molecule has 0 aromatic rings. The number of nitrogens with zero attached hydrogens (tertiary/aromatic N) is 1. The molecule has 12 atom stereocenters. The van der Waals surface area contributed by atoms with Gasteiger partial charge in [-0.2, -0.15) is 0 Å². The van der Waals surface area contributed by atoms with Crippen molar-refractivity contribution in [2.75, 3.05) is 13.7 Å². The van der Waals surface area contributed by atoms with E-state index in [1.165, 1.54) is 4.90 Å². The zero-order valence-electron chi connectivity index (χ0n) is 32.6. The van der Waals surface area contributed by atoms with E-state index in [4.69, 9.17) is 14.2 Å². The molecule has 0 radical (unpaired) electrons. The minimum Gasteiger partial charge on any atom is -0.456 e. The van der Waals surface area contributed by atoms with Gasteiger partial charge in [0.2, 0.25) is 5.79 Å². The van der Waals surface area contributed by atoms with Gasteiger partial charge in [0.05, 0.1) is 24.4 Å². The standard InChI is InChI=1S/C41H65NO10/c1-8-30-20-25(3)19-24(2)12-15-31-16-13-27(5)41(49,52-31)38(46)39(47)42-18-10-9-11-32(42)40(48)51-37(28(6)34(44)23-35(30)45)26(4)21-29-14-17-33(43)36(22-29)50-7/h20-21,24-25,27-29,31-34,36-37,43-44,49H,8-19,22-23H2,1-7H3/t24-,25?,27-,28-,29+,31?,32?,33?,34?,36?,37?,41?/m1/s1. The van der Waals surface area contributed by atoms with Gasteiger partial charge >= 0.3 is 5.97 Å². The lowest BCUT2D eigenvalue weighted by molar-refractivity contribution is -0.264. The number of carbonyl (C=O) groups excluding carboxylic acids is 4. The van der Waals surface area contributed by atoms with Crippen LogP contribution >= 0.6 is 0 Å². The summed E-state index contributed by atoms with van der Waals surface area (Å²) in [6.07, 6.45) is 7.72. The lowest BCUT2D eigenvalue weighted by atomic mass is 9.82. The maximum Gasteiger partial charge on any atom is 0.329 e. The molecule has 8 unspecified atom stereocenters. The fraction of sp³-hybridized carbons (Fsp3) is 0.805. The van der Waals surface area contributed by atoms with E-state index in [2.05, 4.69) is 13.8 Å². The number of fused-ring (bicyclic) bond motifs is 3. The summed E-state index contributed by atoms with van der Waals surface area (Å²) in [7, 11) is 1.57. The molecule has 2 saturated heterocycles. The molecule has 52 heavy (non-hydrogen) atoms. The van der Waals surface area contributed by atoms with E-state index in [1.807, 2.05) is 26.0 Å². The van der Waals surface area contributed by atoms with E-state index in [0.29, 0.717) is 68.9 Å². The predicted molar refractivity (Wildman–Crippen MR) is 196 cm³/mol. The van der Waals surface area contributed by atoms with Crippen molar-refractivity contribution in [3.8, 4) is 0 Å². The molecular weight excluding hydrogens is 666 g/mol. The van der Waals surface area contributed by atoms with Gasteiger partial charge in [0.15, 0.2) is 5.78 Å². The number of cyclic esters (lactones) is 1. The predicted octanol–water partition coefficient (Wildman–Crippen LogP) is 5.22. The lowest BCUT2D eigenvalue weighted by Crippen LogP contribution is -2.60. The summed E-state index contributed by atoms with van der Waals surface area (Å²) in [6.45, 7) is 11.6. The second kappa shape index (κ2) is 18.7. The van der Waals surface area contributed by atoms with Gasteiger partial charge < -0.3 is 34.4 Å². The Bertz CT molecular complexity index is 1330. The number of hydrogen-bond donors (Lipinski definition) is 3. The number of esters is 1. The minimum atomic E-state index is -2.30. The highest BCUT2D eigenvalue weighted by molar-refractivity contribution is 6.39. The molecule has 1 aliphatic carbocycles. The average molecular weight is 732 g/mol. The Balaban J connectivity index is 1.71. The fourth-order valence-corrected chi connectivity index (χ4v) is 8.83. The third-order valence-corrected chi connectivity index (χ3v) is 12.2. The first-order valence-corrected chi connectivity index (χ1v) is 19.9. The number of aliphatic hydroxyl groups is 3. The van der Waals surface area contributed by atoms with Crippen molar-refractivity contribution < 1.29 is 48.7 Å². The number of piperidine rings is 1. The van der Waals surface area contributed by atoms with E-state index in [9.17, 15) is 34.5 Å². The van der Waals surface area contributed by atoms with Gasteiger partial charge in [-0.3, -0.25) is 14.4 Å². The van der Waals surface area contributed by atoms with Crippen LogP contribution in [0.5, 0.6) is 0 Å². The number of amides is 1. The summed E-state index contributed by atoms with van der Waals surface area (Å²) in [5.41, 5.74) is 1.35. The van der Waals surface area contributed by atoms with E-state index in [-0.39, 0.29) is 49.0 Å². The van der Waals surface area contributed by atoms with Crippen molar-refractivity contribution in [3.05, 3.63) is 23.3 Å². The van der Waals surface area contributed by atoms with Crippen molar-refractivity contribution in [1.29, 1.82) is 0 Å². The largest absolute Gasteiger partial charge is 0.456 e. The Morgan fingerprint density at radius 1 is 0.962 bits per heavy atom. The van der Waals surface area contributed by atoms with Gasteiger partial charge in [-0.05, 0) is 113 Å². The van der Waals surface area contributed by atoms with E-state index < -0.39 is 65.7 Å². The van der Waals surface area contributed by atoms with E-state index >= 15 is 0 Å². The molecule has 4 aliphatic rings. The fourth-order valence-electron chi connectivity index (χ4n) is 8.83. The molecule has 1 amide bonds. The average Bonchev–Trinajstić information content (AvgIpc) is 3.12. The SMILES string of the molecule is CCC1=CC(C)C[C@H](C)CCC2CC[C@@H](C)C(O)(O2)C(=O)C(=O)N2CCCCC2C(=O)OC(C(C)=C[C@@H]2CCC(O)C(OC)C2)[C@H](C)C(O)CC1=O. The molecule has 4 rings (SSSR count). The first-order valence-electron chi connectivity index (χ1n) is 19.9. The van der Waals surface area contributed by atoms with Gasteiger partial charge in [-0.25, -0.2) is 4.79 Å². The molecule has 3 fully saturated rings. The third kappa shape index (κ3) is 10.2. The van der Waals surface area contributed by atoms with Crippen LogP contribution in [0.1, 0.15) is 125 Å². The van der Waals surface area contributed by atoms with Gasteiger partial charge in [-0.15, -0.1) is 0 Å². The summed E-state index contributed by atoms with van der Waals surface area (Å²) in [5.74, 6) is -6.07. The molecule has 3 heterocycles. The van der Waals surface area contributed by atoms with Crippen LogP contribution in [0.15, 0.2) is 23.3 Å². The normalized spacial score (nSPS) is 40.0. The highest BCUT2D eigenvalue weighted by Crippen LogP contribution is 2.37. The third-order valence-electron chi connectivity index (χ3n) is 12.2. The van der Waals surface area contributed by atoms with E-state index in [0.717, 1.165) is 12.8 Å². The van der Waals surface area contributed by atoms with Crippen LogP contribution in [0.3, 0.4) is 0 Å². The van der Waals surface area contributed by atoms with Gasteiger partial charge in [0.25, 0.3) is 11.7 Å². The highest BCUT2D eigenvalue weighted by Gasteiger charge is 2.52. The first kappa shape index (κ1) is 42.3. The number of hydrogen-bond acceptors (Lipinski definition) is 10. The summed E-state index contributed by atoms with van der Waals surface area (Å²) in [5, 5.41) is 33.6. The first-order chi connectivity index (χ1) is 24.6. The van der Waals surface area contributed by atoms with Crippen molar-refractivity contribution in [1.82, 2.24) is 4.90 Å². The topological polar surface area (TPSA) is 160 Å². The Morgan fingerprint density at radius 3 is 2.37 bits per heavy atom. The Kier molecular flexibility index (Phi) is 15.2. The summed E-state index contributed by atoms with van der Waals surface area (Å²) in [4.78, 5) is 56.9. The quantitative estimate of drug-likeness (QED) is 0.199. The zero-order chi connectivity index (χ0) is 38.3. The molecule has 11 heteroatoms. The van der Waals surface area contributed by atoms with Crippen molar-refractivity contribution >= 4 is 23.4 Å². The number of aliphatic hydroxyl groups excluding tert-OH is 2. The molecule has 11 nitrogen and oxygen atoms in total. The molecule has 0 aromatic heterocycles. The minimum absolute atomic E-state index is 0.0223. The molecule has 3 aliphatic heterocycles. The number of ketones is 2. The molecule has 0 aromatic carbocycles. The van der Waals surface area contributed by atoms with Crippen molar-refractivity contribution in [2.45, 2.75) is 167 Å². The van der Waals surface area contributed by atoms with Crippen LogP contribution in [0, 0.1) is 29.6 Å². The van der Waals surface area contributed by atoms with Crippen molar-refractivity contribution in [3.63, 3.8) is 0 Å². The molecule has 3 N–H and O–H groups in total. The highest BCUT2D eigenvalue weighted by atomic mass is 16.6. The smallest absolute Gasteiger partial charge is 0.329 e. The molecule has 1 saturated carbocycles. The van der Waals surface area contributed by atoms with Crippen LogP contribution in [-0.2, 0) is 33.4 Å². The van der Waals surface area contributed by atoms with Crippen LogP contribution in [0.25, 0.3) is 0 Å². The number of Topliss-reactive ketones (excluding diaryl/α,β-unsaturated/α-hetero) is 2. The van der Waals surface area contributed by atoms with Gasteiger partial charge in [0, 0.05) is 31.9 Å². The number of ether oxygens (including phenoxy) is 3. The van der Waals surface area contributed by atoms with Crippen LogP contribution < -0.4 is 0 Å². The number of carbonyl (C=O) groups is 4. The van der Waals surface area contributed by atoms with E-state index in [1.54, 1.807) is 21.0 Å². The number of rotatable bonds is 4. The lowest BCUT2D eigenvalue weighted by Gasteiger charge is -2.42. The second-order valence-electron chi connectivity index (χ2n) is 16.4. The Morgan fingerprint density at radius 2 is 1.67 bits per heavy atom. The molecule has 294 valence electrons. The van der Waals surface area contributed by atoms with Crippen molar-refractivity contribution in [2.24, 2.45) is 29.6 Å². The van der Waals surface area contributed by atoms with Gasteiger partial charge in [0.1, 0.15) is 12.1 Å². The maximum atomic E-state index is 14.1. The zero-order valence-corrected chi connectivity index (χ0v) is 32.6. The monoisotopic (exact) mass is 731 g/mol. The van der Waals surface area contributed by atoms with Crippen LogP contribution in [0.2, 0.25) is 0 Å². The summed E-state index contributed by atoms with van der Waals surface area (Å²) < 4.78 is 17.8. The van der Waals surface area contributed by atoms with Crippen LogP contribution in [-0.4, -0.2) is 99.7 Å². The second-order valence-corrected chi connectivity index (χ2v) is 16.4. The number of methoxy groups -OCH3 is 1. The molecule has 0 spiro atoms.